The Bertz CT molecular complexity index is 460. The monoisotopic (exact) mass is 312 g/mol. The summed E-state index contributed by atoms with van der Waals surface area (Å²) in [5.74, 6) is 0. The maximum atomic E-state index is 6.31. The number of hydrogen-bond donors (Lipinski definition) is 1. The molecule has 1 saturated heterocycles. The lowest BCUT2D eigenvalue weighted by Gasteiger charge is -2.36. The second-order valence-electron chi connectivity index (χ2n) is 6.04. The first-order valence-corrected chi connectivity index (χ1v) is 8.39. The normalized spacial score (nSPS) is 24.0. The van der Waals surface area contributed by atoms with Crippen molar-refractivity contribution in [3.8, 4) is 0 Å². The second-order valence-corrected chi connectivity index (χ2v) is 6.88. The van der Waals surface area contributed by atoms with Gasteiger partial charge < -0.3 is 5.32 Å². The summed E-state index contributed by atoms with van der Waals surface area (Å²) in [6, 6.07) is 7.28. The van der Waals surface area contributed by atoms with Crippen LogP contribution in [0.15, 0.2) is 18.2 Å². The minimum Gasteiger partial charge on any atom is -0.312 e. The van der Waals surface area contributed by atoms with Crippen LogP contribution in [0.25, 0.3) is 0 Å². The predicted molar refractivity (Wildman–Crippen MR) is 85.5 cm³/mol. The molecule has 2 aliphatic rings. The van der Waals surface area contributed by atoms with Gasteiger partial charge in [0.1, 0.15) is 0 Å². The third-order valence-corrected chi connectivity index (χ3v) is 4.94. The van der Waals surface area contributed by atoms with Crippen molar-refractivity contribution >= 4 is 23.2 Å². The van der Waals surface area contributed by atoms with E-state index >= 15 is 0 Å². The quantitative estimate of drug-likeness (QED) is 0.880. The molecule has 4 heteroatoms. The molecule has 1 N–H and O–H groups in total. The van der Waals surface area contributed by atoms with Gasteiger partial charge in [0.2, 0.25) is 0 Å². The lowest BCUT2D eigenvalue weighted by Crippen LogP contribution is -2.45. The van der Waals surface area contributed by atoms with E-state index in [9.17, 15) is 0 Å². The van der Waals surface area contributed by atoms with E-state index in [-0.39, 0.29) is 0 Å². The van der Waals surface area contributed by atoms with Gasteiger partial charge in [0.15, 0.2) is 0 Å². The van der Waals surface area contributed by atoms with Crippen molar-refractivity contribution in [2.24, 2.45) is 0 Å². The zero-order valence-corrected chi connectivity index (χ0v) is 13.3. The summed E-state index contributed by atoms with van der Waals surface area (Å²) in [4.78, 5) is 2.58. The fourth-order valence-corrected chi connectivity index (χ4v) is 3.43. The topological polar surface area (TPSA) is 15.3 Å². The van der Waals surface area contributed by atoms with Crippen LogP contribution in [0, 0.1) is 0 Å². The number of nitrogens with one attached hydrogen (secondary N) is 1. The lowest BCUT2D eigenvalue weighted by molar-refractivity contribution is 0.137. The largest absolute Gasteiger partial charge is 0.312 e. The highest BCUT2D eigenvalue weighted by atomic mass is 35.5. The standard InChI is InChI=1S/C16H22Cl2N2/c17-13-5-4-12(16(18)9-13)11-20-8-2-1-3-15(20)10-19-14-6-7-14/h4-5,9,14-15,19H,1-3,6-8,10-11H2. The zero-order valence-electron chi connectivity index (χ0n) is 11.7. The highest BCUT2D eigenvalue weighted by Gasteiger charge is 2.26. The molecule has 110 valence electrons. The molecule has 2 nitrogen and oxygen atoms in total. The number of halogens is 2. The van der Waals surface area contributed by atoms with E-state index in [4.69, 9.17) is 23.2 Å². The van der Waals surface area contributed by atoms with Gasteiger partial charge in [-0.25, -0.2) is 0 Å². The van der Waals surface area contributed by atoms with Crippen LogP contribution in [0.3, 0.4) is 0 Å². The molecule has 0 radical (unpaired) electrons. The fourth-order valence-electron chi connectivity index (χ4n) is 2.96. The average Bonchev–Trinajstić information content (AvgIpc) is 3.25. The van der Waals surface area contributed by atoms with Gasteiger partial charge in [-0.3, -0.25) is 4.90 Å². The van der Waals surface area contributed by atoms with Crippen molar-refractivity contribution in [2.75, 3.05) is 13.1 Å². The van der Waals surface area contributed by atoms with E-state index in [1.807, 2.05) is 12.1 Å². The van der Waals surface area contributed by atoms with Crippen molar-refractivity contribution < 1.29 is 0 Å². The fraction of sp³-hybridized carbons (Fsp3) is 0.625. The van der Waals surface area contributed by atoms with Gasteiger partial charge in [-0.05, 0) is 49.9 Å². The van der Waals surface area contributed by atoms with Gasteiger partial charge >= 0.3 is 0 Å². The number of nitrogens with zero attached hydrogens (tertiary/aromatic N) is 1. The highest BCUT2D eigenvalue weighted by Crippen LogP contribution is 2.26. The maximum absolute atomic E-state index is 6.31. The first-order chi connectivity index (χ1) is 9.72. The van der Waals surface area contributed by atoms with Gasteiger partial charge in [0.05, 0.1) is 0 Å². The van der Waals surface area contributed by atoms with Crippen molar-refractivity contribution in [3.05, 3.63) is 33.8 Å². The molecular formula is C16H22Cl2N2. The molecule has 1 unspecified atom stereocenters. The molecule has 0 spiro atoms. The summed E-state index contributed by atoms with van der Waals surface area (Å²) < 4.78 is 0. The summed E-state index contributed by atoms with van der Waals surface area (Å²) >= 11 is 12.3. The van der Waals surface area contributed by atoms with Crippen LogP contribution in [-0.4, -0.2) is 30.1 Å². The Morgan fingerprint density at radius 2 is 2.00 bits per heavy atom. The van der Waals surface area contributed by atoms with Crippen molar-refractivity contribution in [1.29, 1.82) is 0 Å². The SMILES string of the molecule is Clc1ccc(CN2CCCCC2CNC2CC2)c(Cl)c1. The first kappa shape index (κ1) is 14.6. The van der Waals surface area contributed by atoms with Crippen molar-refractivity contribution in [2.45, 2.75) is 50.7 Å². The van der Waals surface area contributed by atoms with Gasteiger partial charge in [0, 0.05) is 35.2 Å². The number of benzene rings is 1. The Morgan fingerprint density at radius 1 is 1.15 bits per heavy atom. The van der Waals surface area contributed by atoms with Gasteiger partial charge in [-0.15, -0.1) is 0 Å². The number of hydrogen-bond acceptors (Lipinski definition) is 2. The summed E-state index contributed by atoms with van der Waals surface area (Å²) in [6.45, 7) is 3.23. The van der Waals surface area contributed by atoms with E-state index in [1.165, 1.54) is 44.2 Å². The molecule has 1 atom stereocenters. The minimum absolute atomic E-state index is 0.649. The zero-order chi connectivity index (χ0) is 13.9. The Hall–Kier alpha value is -0.280. The Morgan fingerprint density at radius 3 is 2.75 bits per heavy atom. The van der Waals surface area contributed by atoms with Gasteiger partial charge in [-0.2, -0.15) is 0 Å². The first-order valence-electron chi connectivity index (χ1n) is 7.64. The van der Waals surface area contributed by atoms with Crippen molar-refractivity contribution in [1.82, 2.24) is 10.2 Å². The molecule has 0 bridgehead atoms. The maximum Gasteiger partial charge on any atom is 0.0465 e. The number of likely N-dealkylation sites (tertiary alicyclic amines) is 1. The summed E-state index contributed by atoms with van der Waals surface area (Å²) in [5.41, 5.74) is 1.19. The number of rotatable bonds is 5. The van der Waals surface area contributed by atoms with Crippen LogP contribution in [-0.2, 0) is 6.54 Å². The predicted octanol–water partition coefficient (Wildman–Crippen LogP) is 4.10. The van der Waals surface area contributed by atoms with Crippen LogP contribution in [0.2, 0.25) is 10.0 Å². The van der Waals surface area contributed by atoms with Crippen LogP contribution in [0.5, 0.6) is 0 Å². The molecule has 0 amide bonds. The smallest absolute Gasteiger partial charge is 0.0465 e. The third kappa shape index (κ3) is 3.88. The third-order valence-electron chi connectivity index (χ3n) is 4.36. The van der Waals surface area contributed by atoms with E-state index < -0.39 is 0 Å². The van der Waals surface area contributed by atoms with Gasteiger partial charge in [-0.1, -0.05) is 35.7 Å². The van der Waals surface area contributed by atoms with E-state index in [0.717, 1.165) is 24.2 Å². The van der Waals surface area contributed by atoms with Gasteiger partial charge in [0.25, 0.3) is 0 Å². The van der Waals surface area contributed by atoms with E-state index in [1.54, 1.807) is 0 Å². The Kier molecular flexibility index (Phi) is 4.87. The summed E-state index contributed by atoms with van der Waals surface area (Å²) in [5, 5.41) is 5.17. The molecule has 2 fully saturated rings. The summed E-state index contributed by atoms with van der Waals surface area (Å²) in [7, 11) is 0. The van der Waals surface area contributed by atoms with E-state index in [2.05, 4.69) is 16.3 Å². The van der Waals surface area contributed by atoms with Crippen LogP contribution in [0.4, 0.5) is 0 Å². The molecule has 1 aliphatic heterocycles. The highest BCUT2D eigenvalue weighted by molar-refractivity contribution is 6.35. The molecular weight excluding hydrogens is 291 g/mol. The lowest BCUT2D eigenvalue weighted by atomic mass is 10.0. The van der Waals surface area contributed by atoms with Crippen LogP contribution in [0.1, 0.15) is 37.7 Å². The molecule has 1 heterocycles. The van der Waals surface area contributed by atoms with Crippen LogP contribution >= 0.6 is 23.2 Å². The molecule has 0 aromatic heterocycles. The van der Waals surface area contributed by atoms with Crippen LogP contribution < -0.4 is 5.32 Å². The minimum atomic E-state index is 0.649. The van der Waals surface area contributed by atoms with E-state index in [0.29, 0.717) is 11.1 Å². The second kappa shape index (κ2) is 6.65. The Balaban J connectivity index is 1.62. The van der Waals surface area contributed by atoms with Crippen molar-refractivity contribution in [3.63, 3.8) is 0 Å². The molecule has 3 rings (SSSR count). The summed E-state index contributed by atoms with van der Waals surface area (Å²) in [6.07, 6.45) is 6.66. The number of piperidine rings is 1. The molecule has 1 aliphatic carbocycles. The molecule has 1 saturated carbocycles. The average molecular weight is 313 g/mol. The molecule has 1 aromatic carbocycles. The molecule has 1 aromatic rings. The molecule has 20 heavy (non-hydrogen) atoms. The Labute approximate surface area is 131 Å².